The lowest BCUT2D eigenvalue weighted by molar-refractivity contribution is 0.102. The first-order valence-electron chi connectivity index (χ1n) is 7.50. The molecule has 6 heteroatoms. The summed E-state index contributed by atoms with van der Waals surface area (Å²) >= 11 is 1.42. The Kier molecular flexibility index (Phi) is 4.52. The van der Waals surface area contributed by atoms with Crippen molar-refractivity contribution in [2.75, 3.05) is 11.9 Å². The average Bonchev–Trinajstić information content (AvgIpc) is 3.14. The van der Waals surface area contributed by atoms with Crippen LogP contribution in [0.25, 0.3) is 0 Å². The Bertz CT molecular complexity index is 683. The van der Waals surface area contributed by atoms with E-state index < -0.39 is 0 Å². The molecular formula is C16H20N4OS. The molecule has 3 rings (SSSR count). The van der Waals surface area contributed by atoms with Gasteiger partial charge in [-0.15, -0.1) is 11.3 Å². The highest BCUT2D eigenvalue weighted by molar-refractivity contribution is 7.09. The number of thiazole rings is 1. The second kappa shape index (κ2) is 6.56. The molecule has 1 aromatic heterocycles. The molecule has 0 fully saturated rings. The molecule has 5 nitrogen and oxygen atoms in total. The molecule has 3 N–H and O–H groups in total. The Morgan fingerprint density at radius 3 is 3.05 bits per heavy atom. The predicted octanol–water partition coefficient (Wildman–Crippen LogP) is 2.58. The lowest BCUT2D eigenvalue weighted by Gasteiger charge is -2.13. The van der Waals surface area contributed by atoms with Crippen LogP contribution in [0.1, 0.15) is 40.0 Å². The Balaban J connectivity index is 1.77. The highest BCUT2D eigenvalue weighted by Crippen LogP contribution is 2.29. The quantitative estimate of drug-likeness (QED) is 0.889. The topological polar surface area (TPSA) is 71.2 Å². The maximum absolute atomic E-state index is 12.3. The van der Waals surface area contributed by atoms with Crippen LogP contribution in [0.2, 0.25) is 0 Å². The summed E-state index contributed by atoms with van der Waals surface area (Å²) in [6.07, 6.45) is 1.14. The van der Waals surface area contributed by atoms with Gasteiger partial charge in [-0.3, -0.25) is 9.69 Å². The highest BCUT2D eigenvalue weighted by atomic mass is 32.1. The number of carbonyl (C=O) groups excluding carboxylic acids is 1. The normalized spacial score (nSPS) is 14.1. The van der Waals surface area contributed by atoms with Gasteiger partial charge >= 0.3 is 0 Å². The van der Waals surface area contributed by atoms with E-state index in [1.54, 1.807) is 5.38 Å². The fraction of sp³-hybridized carbons (Fsp3) is 0.375. The highest BCUT2D eigenvalue weighted by Gasteiger charge is 2.22. The molecule has 116 valence electrons. The van der Waals surface area contributed by atoms with Crippen LogP contribution in [0, 0.1) is 0 Å². The summed E-state index contributed by atoms with van der Waals surface area (Å²) in [5.41, 5.74) is 9.39. The first kappa shape index (κ1) is 15.1. The fourth-order valence-corrected chi connectivity index (χ4v) is 3.43. The van der Waals surface area contributed by atoms with Gasteiger partial charge in [0.2, 0.25) is 0 Å². The summed E-state index contributed by atoms with van der Waals surface area (Å²) in [6.45, 7) is 5.48. The van der Waals surface area contributed by atoms with Crippen molar-refractivity contribution >= 4 is 22.9 Å². The molecule has 0 atom stereocenters. The van der Waals surface area contributed by atoms with Crippen molar-refractivity contribution in [3.63, 3.8) is 0 Å². The van der Waals surface area contributed by atoms with Crippen LogP contribution < -0.4 is 11.1 Å². The molecule has 0 saturated carbocycles. The Hall–Kier alpha value is -1.76. The molecule has 2 aromatic rings. The number of hydrogen-bond acceptors (Lipinski definition) is 5. The van der Waals surface area contributed by atoms with Crippen molar-refractivity contribution in [3.8, 4) is 0 Å². The van der Waals surface area contributed by atoms with Crippen LogP contribution in [-0.4, -0.2) is 22.3 Å². The molecule has 0 unspecified atom stereocenters. The van der Waals surface area contributed by atoms with Crippen LogP contribution in [0.15, 0.2) is 23.6 Å². The van der Waals surface area contributed by atoms with Gasteiger partial charge < -0.3 is 11.1 Å². The lowest BCUT2D eigenvalue weighted by Crippen LogP contribution is -2.17. The number of aromatic nitrogens is 1. The third-order valence-electron chi connectivity index (χ3n) is 3.80. The largest absolute Gasteiger partial charge is 0.325 e. The number of benzene rings is 1. The summed E-state index contributed by atoms with van der Waals surface area (Å²) in [4.78, 5) is 19.0. The number of rotatable bonds is 5. The maximum Gasteiger partial charge on any atom is 0.275 e. The number of hydrogen-bond donors (Lipinski definition) is 2. The number of anilines is 1. The van der Waals surface area contributed by atoms with E-state index in [9.17, 15) is 4.79 Å². The minimum Gasteiger partial charge on any atom is -0.325 e. The summed E-state index contributed by atoms with van der Waals surface area (Å²) in [6, 6.07) is 6.09. The van der Waals surface area contributed by atoms with E-state index in [0.717, 1.165) is 36.8 Å². The van der Waals surface area contributed by atoms with E-state index in [1.165, 1.54) is 22.5 Å². The number of carbonyl (C=O) groups is 1. The zero-order chi connectivity index (χ0) is 15.5. The second-order valence-corrected chi connectivity index (χ2v) is 6.38. The van der Waals surface area contributed by atoms with E-state index in [-0.39, 0.29) is 5.91 Å². The molecule has 0 radical (unpaired) electrons. The van der Waals surface area contributed by atoms with Gasteiger partial charge in [0, 0.05) is 30.7 Å². The van der Waals surface area contributed by atoms with E-state index in [1.807, 2.05) is 12.1 Å². The molecule has 1 aliphatic heterocycles. The number of fused-ring (bicyclic) bond motifs is 1. The Morgan fingerprint density at radius 2 is 2.32 bits per heavy atom. The van der Waals surface area contributed by atoms with E-state index >= 15 is 0 Å². The molecule has 0 spiro atoms. The minimum absolute atomic E-state index is 0.168. The molecule has 1 aromatic carbocycles. The summed E-state index contributed by atoms with van der Waals surface area (Å²) in [7, 11) is 0. The van der Waals surface area contributed by atoms with Crippen molar-refractivity contribution in [3.05, 3.63) is 45.4 Å². The average molecular weight is 316 g/mol. The van der Waals surface area contributed by atoms with Crippen LogP contribution >= 0.6 is 11.3 Å². The molecule has 1 aliphatic rings. The van der Waals surface area contributed by atoms with Gasteiger partial charge in [0.15, 0.2) is 0 Å². The zero-order valence-electron chi connectivity index (χ0n) is 12.6. The first-order chi connectivity index (χ1) is 10.7. The van der Waals surface area contributed by atoms with Gasteiger partial charge in [-0.05, 0) is 30.2 Å². The number of nitrogens with one attached hydrogen (secondary N) is 1. The zero-order valence-corrected chi connectivity index (χ0v) is 13.4. The van der Waals surface area contributed by atoms with Crippen LogP contribution in [0.3, 0.4) is 0 Å². The van der Waals surface area contributed by atoms with Gasteiger partial charge in [-0.25, -0.2) is 4.98 Å². The van der Waals surface area contributed by atoms with E-state index in [0.29, 0.717) is 12.2 Å². The summed E-state index contributed by atoms with van der Waals surface area (Å²) in [5.74, 6) is -0.168. The van der Waals surface area contributed by atoms with Gasteiger partial charge in [0.1, 0.15) is 10.7 Å². The fourth-order valence-electron chi connectivity index (χ4n) is 2.78. The van der Waals surface area contributed by atoms with Crippen molar-refractivity contribution in [2.45, 2.75) is 33.0 Å². The first-order valence-corrected chi connectivity index (χ1v) is 8.38. The summed E-state index contributed by atoms with van der Waals surface area (Å²) < 4.78 is 0. The molecule has 22 heavy (non-hydrogen) atoms. The maximum atomic E-state index is 12.3. The predicted molar refractivity (Wildman–Crippen MR) is 88.8 cm³/mol. The molecule has 1 amide bonds. The van der Waals surface area contributed by atoms with Crippen LogP contribution in [0.5, 0.6) is 0 Å². The van der Waals surface area contributed by atoms with Crippen molar-refractivity contribution in [1.29, 1.82) is 0 Å². The number of amides is 1. The standard InChI is InChI=1S/C16H20N4OS/c1-2-6-20-8-11-4-3-5-13(12(11)9-20)19-16(21)14-10-22-15(7-17)18-14/h3-5,10H,2,6-9,17H2,1H3,(H,19,21). The summed E-state index contributed by atoms with van der Waals surface area (Å²) in [5, 5.41) is 5.53. The van der Waals surface area contributed by atoms with E-state index in [4.69, 9.17) is 5.73 Å². The minimum atomic E-state index is -0.168. The number of nitrogens with two attached hydrogens (primary N) is 1. The molecule has 0 aliphatic carbocycles. The van der Waals surface area contributed by atoms with Crippen molar-refractivity contribution in [1.82, 2.24) is 9.88 Å². The monoisotopic (exact) mass is 316 g/mol. The molecule has 0 bridgehead atoms. The van der Waals surface area contributed by atoms with Crippen LogP contribution in [-0.2, 0) is 19.6 Å². The number of nitrogens with zero attached hydrogens (tertiary/aromatic N) is 2. The van der Waals surface area contributed by atoms with Gasteiger partial charge in [-0.2, -0.15) is 0 Å². The third-order valence-corrected chi connectivity index (χ3v) is 4.67. The van der Waals surface area contributed by atoms with Crippen molar-refractivity contribution in [2.24, 2.45) is 5.73 Å². The van der Waals surface area contributed by atoms with Crippen LogP contribution in [0.4, 0.5) is 5.69 Å². The van der Waals surface area contributed by atoms with Crippen molar-refractivity contribution < 1.29 is 4.79 Å². The molecule has 0 saturated heterocycles. The molecular weight excluding hydrogens is 296 g/mol. The SMILES string of the molecule is CCCN1Cc2cccc(NC(=O)c3csc(CN)n3)c2C1. The van der Waals surface area contributed by atoms with E-state index in [2.05, 4.69) is 28.2 Å². The third kappa shape index (κ3) is 3.04. The molecule has 2 heterocycles. The lowest BCUT2D eigenvalue weighted by atomic mass is 10.1. The Labute approximate surface area is 134 Å². The second-order valence-electron chi connectivity index (χ2n) is 5.44. The van der Waals surface area contributed by atoms with Gasteiger partial charge in [0.05, 0.1) is 0 Å². The smallest absolute Gasteiger partial charge is 0.275 e. The van der Waals surface area contributed by atoms with Gasteiger partial charge in [-0.1, -0.05) is 19.1 Å². The Morgan fingerprint density at radius 1 is 1.45 bits per heavy atom. The van der Waals surface area contributed by atoms with Gasteiger partial charge in [0.25, 0.3) is 5.91 Å².